The molecule has 18 heavy (non-hydrogen) atoms. The minimum Gasteiger partial charge on any atom is -0.341 e. The number of amides is 1. The molecule has 2 atom stereocenters. The number of nitrogens with zero attached hydrogens (tertiary/aromatic N) is 3. The van der Waals surface area contributed by atoms with Gasteiger partial charge in [0.25, 0.3) is 0 Å². The van der Waals surface area contributed by atoms with Crippen LogP contribution in [0.1, 0.15) is 31.2 Å². The molecule has 2 rings (SSSR count). The second-order valence-electron chi connectivity index (χ2n) is 5.33. The van der Waals surface area contributed by atoms with E-state index < -0.39 is 0 Å². The number of rotatable bonds is 4. The van der Waals surface area contributed by atoms with Crippen LogP contribution in [0.4, 0.5) is 0 Å². The predicted molar refractivity (Wildman–Crippen MR) is 69.6 cm³/mol. The third-order valence-corrected chi connectivity index (χ3v) is 3.76. The maximum Gasteiger partial charge on any atom is 0.222 e. The molecule has 100 valence electrons. The van der Waals surface area contributed by atoms with Crippen LogP contribution in [0.15, 0.2) is 12.4 Å². The van der Waals surface area contributed by atoms with Gasteiger partial charge in [0.15, 0.2) is 0 Å². The molecule has 1 aromatic heterocycles. The molecule has 1 aromatic rings. The first-order chi connectivity index (χ1) is 8.56. The van der Waals surface area contributed by atoms with E-state index in [0.29, 0.717) is 18.9 Å². The molecule has 0 spiro atoms. The second-order valence-corrected chi connectivity index (χ2v) is 5.33. The molecule has 0 aromatic carbocycles. The lowest BCUT2D eigenvalue weighted by molar-refractivity contribution is -0.131. The summed E-state index contributed by atoms with van der Waals surface area (Å²) in [5, 5.41) is 4.10. The number of aryl methyl sites for hydroxylation is 1. The van der Waals surface area contributed by atoms with E-state index in [4.69, 9.17) is 5.73 Å². The first-order valence-corrected chi connectivity index (χ1v) is 6.53. The lowest BCUT2D eigenvalue weighted by Gasteiger charge is -2.20. The summed E-state index contributed by atoms with van der Waals surface area (Å²) in [5.41, 5.74) is 7.06. The Bertz CT molecular complexity index is 415. The minimum absolute atomic E-state index is 0.182. The van der Waals surface area contributed by atoms with Gasteiger partial charge in [-0.2, -0.15) is 5.10 Å². The van der Waals surface area contributed by atoms with Crippen LogP contribution in [-0.2, 0) is 18.4 Å². The highest BCUT2D eigenvalue weighted by Crippen LogP contribution is 2.27. The Labute approximate surface area is 108 Å². The highest BCUT2D eigenvalue weighted by atomic mass is 16.2. The molecule has 0 saturated heterocycles. The van der Waals surface area contributed by atoms with Crippen LogP contribution in [0.5, 0.6) is 0 Å². The van der Waals surface area contributed by atoms with Crippen LogP contribution in [0, 0.1) is 5.92 Å². The highest BCUT2D eigenvalue weighted by molar-refractivity contribution is 5.76. The number of carbonyl (C=O) groups excluding carboxylic acids is 1. The summed E-state index contributed by atoms with van der Waals surface area (Å²) >= 11 is 0. The van der Waals surface area contributed by atoms with Gasteiger partial charge in [0.2, 0.25) is 5.91 Å². The Morgan fingerprint density at radius 2 is 2.39 bits per heavy atom. The topological polar surface area (TPSA) is 64.2 Å². The summed E-state index contributed by atoms with van der Waals surface area (Å²) in [6.45, 7) is 0.620. The molecule has 0 radical (unpaired) electrons. The van der Waals surface area contributed by atoms with Gasteiger partial charge >= 0.3 is 0 Å². The zero-order valence-corrected chi connectivity index (χ0v) is 11.2. The van der Waals surface area contributed by atoms with Crippen molar-refractivity contribution in [3.63, 3.8) is 0 Å². The molecule has 1 aliphatic rings. The van der Waals surface area contributed by atoms with E-state index in [1.807, 2.05) is 20.3 Å². The van der Waals surface area contributed by atoms with Crippen LogP contribution < -0.4 is 5.73 Å². The molecule has 1 saturated carbocycles. The van der Waals surface area contributed by atoms with Crippen LogP contribution in [-0.4, -0.2) is 33.7 Å². The van der Waals surface area contributed by atoms with Gasteiger partial charge in [-0.15, -0.1) is 0 Å². The Balaban J connectivity index is 1.84. The van der Waals surface area contributed by atoms with Crippen molar-refractivity contribution in [1.82, 2.24) is 14.7 Å². The molecule has 1 aliphatic carbocycles. The monoisotopic (exact) mass is 250 g/mol. The lowest BCUT2D eigenvalue weighted by Crippen LogP contribution is -2.32. The number of aromatic nitrogens is 2. The Morgan fingerprint density at radius 1 is 1.61 bits per heavy atom. The van der Waals surface area contributed by atoms with Crippen molar-refractivity contribution < 1.29 is 4.79 Å². The Hall–Kier alpha value is -1.36. The summed E-state index contributed by atoms with van der Waals surface area (Å²) in [5.74, 6) is 0.551. The number of hydrogen-bond acceptors (Lipinski definition) is 3. The standard InChI is InChI=1S/C13H22N4O/c1-16(8-10-7-15-17(2)9-10)13(18)6-11-4-3-5-12(11)14/h7,9,11-12H,3-6,8,14H2,1-2H3/t11-,12+/m0/s1. The molecule has 1 amide bonds. The van der Waals surface area contributed by atoms with Crippen molar-refractivity contribution in [3.05, 3.63) is 18.0 Å². The molecule has 1 fully saturated rings. The lowest BCUT2D eigenvalue weighted by atomic mass is 9.99. The largest absolute Gasteiger partial charge is 0.341 e. The molecule has 2 N–H and O–H groups in total. The summed E-state index contributed by atoms with van der Waals surface area (Å²) in [6, 6.07) is 0.209. The summed E-state index contributed by atoms with van der Waals surface area (Å²) < 4.78 is 1.75. The average molecular weight is 250 g/mol. The zero-order valence-electron chi connectivity index (χ0n) is 11.2. The number of nitrogens with two attached hydrogens (primary N) is 1. The van der Waals surface area contributed by atoms with Crippen molar-refractivity contribution in [3.8, 4) is 0 Å². The van der Waals surface area contributed by atoms with Crippen molar-refractivity contribution in [2.24, 2.45) is 18.7 Å². The first-order valence-electron chi connectivity index (χ1n) is 6.53. The van der Waals surface area contributed by atoms with E-state index in [0.717, 1.165) is 24.8 Å². The Morgan fingerprint density at radius 3 is 2.94 bits per heavy atom. The molecule has 5 nitrogen and oxygen atoms in total. The average Bonchev–Trinajstić information content (AvgIpc) is 2.89. The van der Waals surface area contributed by atoms with Gasteiger partial charge in [-0.05, 0) is 18.8 Å². The van der Waals surface area contributed by atoms with E-state index in [-0.39, 0.29) is 11.9 Å². The second kappa shape index (κ2) is 5.52. The van der Waals surface area contributed by atoms with E-state index in [2.05, 4.69) is 5.10 Å². The van der Waals surface area contributed by atoms with E-state index >= 15 is 0 Å². The summed E-state index contributed by atoms with van der Waals surface area (Å²) in [7, 11) is 3.72. The molecule has 5 heteroatoms. The predicted octanol–water partition coefficient (Wildman–Crippen LogP) is 0.896. The van der Waals surface area contributed by atoms with Crippen molar-refractivity contribution in [2.75, 3.05) is 7.05 Å². The van der Waals surface area contributed by atoms with Gasteiger partial charge in [-0.1, -0.05) is 6.42 Å². The molecule has 0 unspecified atom stereocenters. The quantitative estimate of drug-likeness (QED) is 0.863. The van der Waals surface area contributed by atoms with E-state index in [9.17, 15) is 4.79 Å². The first kappa shape index (κ1) is 13.1. The van der Waals surface area contributed by atoms with Gasteiger partial charge in [-0.3, -0.25) is 9.48 Å². The van der Waals surface area contributed by atoms with Crippen molar-refractivity contribution in [1.29, 1.82) is 0 Å². The molecule has 0 bridgehead atoms. The van der Waals surface area contributed by atoms with E-state index in [1.54, 1.807) is 15.8 Å². The minimum atomic E-state index is 0.182. The van der Waals surface area contributed by atoms with Gasteiger partial charge in [0.1, 0.15) is 0 Å². The molecular weight excluding hydrogens is 228 g/mol. The SMILES string of the molecule is CN(Cc1cnn(C)c1)C(=O)C[C@@H]1CCC[C@H]1N. The van der Waals surface area contributed by atoms with Gasteiger partial charge < -0.3 is 10.6 Å². The zero-order chi connectivity index (χ0) is 13.1. The summed E-state index contributed by atoms with van der Waals surface area (Å²) in [6.07, 6.45) is 7.62. The highest BCUT2D eigenvalue weighted by Gasteiger charge is 2.27. The van der Waals surface area contributed by atoms with E-state index in [1.165, 1.54) is 0 Å². The molecule has 0 aliphatic heterocycles. The van der Waals surface area contributed by atoms with Crippen molar-refractivity contribution >= 4 is 5.91 Å². The van der Waals surface area contributed by atoms with Crippen LogP contribution in [0.25, 0.3) is 0 Å². The number of hydrogen-bond donors (Lipinski definition) is 1. The van der Waals surface area contributed by atoms with Crippen LogP contribution in [0.3, 0.4) is 0 Å². The van der Waals surface area contributed by atoms with Crippen LogP contribution >= 0.6 is 0 Å². The molecule has 1 heterocycles. The normalized spacial score (nSPS) is 23.3. The Kier molecular flexibility index (Phi) is 4.01. The third kappa shape index (κ3) is 3.10. The fraction of sp³-hybridized carbons (Fsp3) is 0.692. The third-order valence-electron chi connectivity index (χ3n) is 3.76. The summed E-state index contributed by atoms with van der Waals surface area (Å²) in [4.78, 5) is 13.9. The van der Waals surface area contributed by atoms with Gasteiger partial charge in [0.05, 0.1) is 6.20 Å². The smallest absolute Gasteiger partial charge is 0.222 e. The van der Waals surface area contributed by atoms with Gasteiger partial charge in [-0.25, -0.2) is 0 Å². The van der Waals surface area contributed by atoms with Crippen molar-refractivity contribution in [2.45, 2.75) is 38.3 Å². The maximum absolute atomic E-state index is 12.1. The fourth-order valence-corrected chi connectivity index (χ4v) is 2.61. The number of carbonyl (C=O) groups is 1. The van der Waals surface area contributed by atoms with Gasteiger partial charge in [0, 0.05) is 44.9 Å². The van der Waals surface area contributed by atoms with Crippen LogP contribution in [0.2, 0.25) is 0 Å². The molecular formula is C13H22N4O. The maximum atomic E-state index is 12.1. The fourth-order valence-electron chi connectivity index (χ4n) is 2.61.